The van der Waals surface area contributed by atoms with Gasteiger partial charge in [-0.15, -0.1) is 0 Å². The number of halogens is 1. The zero-order valence-corrected chi connectivity index (χ0v) is 12.2. The number of rotatable bonds is 4. The van der Waals surface area contributed by atoms with Gasteiger partial charge in [0.1, 0.15) is 0 Å². The Hall–Kier alpha value is -0.640. The van der Waals surface area contributed by atoms with Gasteiger partial charge in [0.15, 0.2) is 0 Å². The molecule has 1 aromatic carbocycles. The normalized spacial score (nSPS) is 12.6. The van der Waals surface area contributed by atoms with E-state index in [-0.39, 0.29) is 6.04 Å². The first-order valence-electron chi connectivity index (χ1n) is 5.69. The monoisotopic (exact) mass is 309 g/mol. The van der Waals surface area contributed by atoms with Crippen molar-refractivity contribution >= 4 is 27.3 Å². The van der Waals surface area contributed by atoms with Gasteiger partial charge < -0.3 is 5.73 Å². The highest BCUT2D eigenvalue weighted by molar-refractivity contribution is 9.10. The van der Waals surface area contributed by atoms with Crippen LogP contribution >= 0.6 is 27.3 Å². The average Bonchev–Trinajstić information content (AvgIpc) is 2.78. The molecule has 90 valence electrons. The number of hydrogen-bond donors (Lipinski definition) is 1. The van der Waals surface area contributed by atoms with Gasteiger partial charge in [-0.05, 0) is 65.4 Å². The molecular weight excluding hydrogens is 294 g/mol. The van der Waals surface area contributed by atoms with Gasteiger partial charge in [-0.25, -0.2) is 0 Å². The van der Waals surface area contributed by atoms with Crippen LogP contribution in [0.15, 0.2) is 39.5 Å². The lowest BCUT2D eigenvalue weighted by Crippen LogP contribution is -2.12. The Balaban J connectivity index is 2.01. The first kappa shape index (κ1) is 12.8. The Kier molecular flexibility index (Phi) is 4.37. The van der Waals surface area contributed by atoms with E-state index < -0.39 is 0 Å². The van der Waals surface area contributed by atoms with Crippen LogP contribution in [0.4, 0.5) is 0 Å². The zero-order valence-electron chi connectivity index (χ0n) is 9.82. The second-order valence-corrected chi connectivity index (χ2v) is 5.97. The lowest BCUT2D eigenvalue weighted by Gasteiger charge is -2.14. The molecule has 0 bridgehead atoms. The van der Waals surface area contributed by atoms with E-state index in [9.17, 15) is 0 Å². The Bertz CT molecular complexity index is 479. The minimum atomic E-state index is 0.128. The minimum absolute atomic E-state index is 0.128. The molecule has 0 radical (unpaired) electrons. The minimum Gasteiger partial charge on any atom is -0.324 e. The van der Waals surface area contributed by atoms with E-state index in [1.165, 1.54) is 16.7 Å². The van der Waals surface area contributed by atoms with Crippen LogP contribution in [0.2, 0.25) is 0 Å². The Morgan fingerprint density at radius 1 is 1.35 bits per heavy atom. The molecule has 0 aliphatic heterocycles. The Morgan fingerprint density at radius 2 is 2.18 bits per heavy atom. The van der Waals surface area contributed by atoms with E-state index in [0.29, 0.717) is 0 Å². The van der Waals surface area contributed by atoms with Gasteiger partial charge >= 0.3 is 0 Å². The van der Waals surface area contributed by atoms with Crippen molar-refractivity contribution in [3.8, 4) is 0 Å². The van der Waals surface area contributed by atoms with Gasteiger partial charge in [0.2, 0.25) is 0 Å². The van der Waals surface area contributed by atoms with Gasteiger partial charge in [0, 0.05) is 10.5 Å². The van der Waals surface area contributed by atoms with Gasteiger partial charge in [0.05, 0.1) is 0 Å². The number of aryl methyl sites for hydroxylation is 2. The van der Waals surface area contributed by atoms with E-state index in [0.717, 1.165) is 17.3 Å². The lowest BCUT2D eigenvalue weighted by molar-refractivity contribution is 0.648. The van der Waals surface area contributed by atoms with Gasteiger partial charge in [-0.1, -0.05) is 22.0 Å². The van der Waals surface area contributed by atoms with E-state index in [1.54, 1.807) is 11.3 Å². The molecule has 1 aromatic heterocycles. The molecule has 0 aliphatic rings. The van der Waals surface area contributed by atoms with Crippen molar-refractivity contribution in [2.75, 3.05) is 0 Å². The van der Waals surface area contributed by atoms with E-state index in [4.69, 9.17) is 5.73 Å². The highest BCUT2D eigenvalue weighted by Crippen LogP contribution is 2.23. The molecule has 2 N–H and O–H groups in total. The summed E-state index contributed by atoms with van der Waals surface area (Å²) in [7, 11) is 0. The fraction of sp³-hybridized carbons (Fsp3) is 0.286. The summed E-state index contributed by atoms with van der Waals surface area (Å²) in [6.45, 7) is 2.12. The van der Waals surface area contributed by atoms with Crippen LogP contribution in [-0.2, 0) is 6.42 Å². The third-order valence-corrected chi connectivity index (χ3v) is 4.18. The molecule has 1 atom stereocenters. The predicted octanol–water partition coefficient (Wildman–Crippen LogP) is 4.45. The molecule has 0 saturated heterocycles. The summed E-state index contributed by atoms with van der Waals surface area (Å²) in [5, 5.41) is 4.31. The molecule has 0 fully saturated rings. The highest BCUT2D eigenvalue weighted by atomic mass is 79.9. The molecule has 1 nitrogen and oxygen atoms in total. The Labute approximate surface area is 115 Å². The number of benzene rings is 1. The number of thiophene rings is 1. The van der Waals surface area contributed by atoms with Crippen LogP contribution in [0.25, 0.3) is 0 Å². The summed E-state index contributed by atoms with van der Waals surface area (Å²) in [4.78, 5) is 0. The van der Waals surface area contributed by atoms with Crippen molar-refractivity contribution < 1.29 is 0 Å². The molecule has 2 aromatic rings. The molecule has 0 spiro atoms. The lowest BCUT2D eigenvalue weighted by atomic mass is 9.97. The summed E-state index contributed by atoms with van der Waals surface area (Å²) in [5.74, 6) is 0. The fourth-order valence-electron chi connectivity index (χ4n) is 1.97. The third kappa shape index (κ3) is 3.41. The maximum Gasteiger partial charge on any atom is 0.0300 e. The topological polar surface area (TPSA) is 26.0 Å². The molecule has 2 rings (SSSR count). The summed E-state index contributed by atoms with van der Waals surface area (Å²) in [6.07, 6.45) is 2.05. The average molecular weight is 310 g/mol. The van der Waals surface area contributed by atoms with Crippen molar-refractivity contribution in [1.82, 2.24) is 0 Å². The molecule has 1 unspecified atom stereocenters. The highest BCUT2D eigenvalue weighted by Gasteiger charge is 2.09. The van der Waals surface area contributed by atoms with Crippen LogP contribution in [0.5, 0.6) is 0 Å². The van der Waals surface area contributed by atoms with Crippen LogP contribution < -0.4 is 5.73 Å². The summed E-state index contributed by atoms with van der Waals surface area (Å²) < 4.78 is 1.11. The maximum atomic E-state index is 6.25. The van der Waals surface area contributed by atoms with Crippen LogP contribution in [0.3, 0.4) is 0 Å². The van der Waals surface area contributed by atoms with Crippen molar-refractivity contribution in [3.05, 3.63) is 56.2 Å². The van der Waals surface area contributed by atoms with E-state index in [2.05, 4.69) is 57.9 Å². The largest absolute Gasteiger partial charge is 0.324 e. The van der Waals surface area contributed by atoms with Crippen LogP contribution in [-0.4, -0.2) is 0 Å². The van der Waals surface area contributed by atoms with Crippen LogP contribution in [0, 0.1) is 6.92 Å². The Morgan fingerprint density at radius 3 is 2.82 bits per heavy atom. The van der Waals surface area contributed by atoms with Crippen molar-refractivity contribution in [1.29, 1.82) is 0 Å². The van der Waals surface area contributed by atoms with Gasteiger partial charge in [-0.3, -0.25) is 0 Å². The quantitative estimate of drug-likeness (QED) is 0.887. The van der Waals surface area contributed by atoms with Gasteiger partial charge in [0.25, 0.3) is 0 Å². The first-order chi connectivity index (χ1) is 8.16. The fourth-order valence-corrected chi connectivity index (χ4v) is 3.15. The molecule has 3 heteroatoms. The molecule has 0 saturated carbocycles. The van der Waals surface area contributed by atoms with Crippen molar-refractivity contribution in [3.63, 3.8) is 0 Å². The molecular formula is C14H16BrNS. The molecule has 0 amide bonds. The summed E-state index contributed by atoms with van der Waals surface area (Å²) in [6, 6.07) is 8.61. The second kappa shape index (κ2) is 5.80. The smallest absolute Gasteiger partial charge is 0.0300 e. The van der Waals surface area contributed by atoms with Crippen molar-refractivity contribution in [2.24, 2.45) is 5.73 Å². The summed E-state index contributed by atoms with van der Waals surface area (Å²) in [5.41, 5.74) is 10.2. The van der Waals surface area contributed by atoms with Crippen molar-refractivity contribution in [2.45, 2.75) is 25.8 Å². The number of nitrogens with two attached hydrogens (primary N) is 1. The molecule has 17 heavy (non-hydrogen) atoms. The predicted molar refractivity (Wildman–Crippen MR) is 78.4 cm³/mol. The standard InChI is InChI=1S/C14H16BrNS/c1-10-8-12(15)3-4-13(10)14(16)5-2-11-6-7-17-9-11/h3-4,6-9,14H,2,5,16H2,1H3. The number of hydrogen-bond acceptors (Lipinski definition) is 2. The van der Waals surface area contributed by atoms with E-state index in [1.807, 2.05) is 0 Å². The van der Waals surface area contributed by atoms with E-state index >= 15 is 0 Å². The first-order valence-corrected chi connectivity index (χ1v) is 7.43. The maximum absolute atomic E-state index is 6.25. The molecule has 0 aliphatic carbocycles. The van der Waals surface area contributed by atoms with Crippen LogP contribution in [0.1, 0.15) is 29.2 Å². The zero-order chi connectivity index (χ0) is 12.3. The third-order valence-electron chi connectivity index (χ3n) is 2.96. The SMILES string of the molecule is Cc1cc(Br)ccc1C(N)CCc1ccsc1. The second-order valence-electron chi connectivity index (χ2n) is 4.28. The molecule has 1 heterocycles. The van der Waals surface area contributed by atoms with Gasteiger partial charge in [-0.2, -0.15) is 11.3 Å². The summed E-state index contributed by atoms with van der Waals surface area (Å²) >= 11 is 5.22.